The molecule has 0 atom stereocenters. The van der Waals surface area contributed by atoms with E-state index in [-0.39, 0.29) is 0 Å². The highest BCUT2D eigenvalue weighted by Gasteiger charge is 2.10. The topological polar surface area (TPSA) is 12.0 Å². The number of nitrogens with one attached hydrogen (secondary N) is 1. The van der Waals surface area contributed by atoms with Crippen molar-refractivity contribution in [3.05, 3.63) is 34.9 Å². The molecule has 1 aliphatic carbocycles. The number of aryl methyl sites for hydroxylation is 2. The number of benzene rings is 1. The summed E-state index contributed by atoms with van der Waals surface area (Å²) in [5.74, 6) is 0.830. The minimum atomic E-state index is 0.830. The molecule has 0 bridgehead atoms. The van der Waals surface area contributed by atoms with Gasteiger partial charge in [0.2, 0.25) is 0 Å². The summed E-state index contributed by atoms with van der Waals surface area (Å²) >= 11 is 0. The van der Waals surface area contributed by atoms with Crippen LogP contribution >= 0.6 is 0 Å². The molecule has 1 aromatic carbocycles. The molecular formula is C16H25N. The Kier molecular flexibility index (Phi) is 4.61. The van der Waals surface area contributed by atoms with Crippen LogP contribution in [0, 0.1) is 5.92 Å². The van der Waals surface area contributed by atoms with Gasteiger partial charge in [-0.25, -0.2) is 0 Å². The fraction of sp³-hybridized carbons (Fsp3) is 0.625. The predicted octanol–water partition coefficient (Wildman–Crippen LogP) is 3.70. The maximum Gasteiger partial charge on any atom is 0.0205 e. The maximum atomic E-state index is 3.55. The minimum absolute atomic E-state index is 0.830. The third-order valence-electron chi connectivity index (χ3n) is 3.63. The van der Waals surface area contributed by atoms with E-state index in [4.69, 9.17) is 0 Å². The van der Waals surface area contributed by atoms with Crippen LogP contribution in [0.5, 0.6) is 0 Å². The Bertz CT molecular complexity index is 355. The Morgan fingerprint density at radius 3 is 2.82 bits per heavy atom. The van der Waals surface area contributed by atoms with E-state index in [9.17, 15) is 0 Å². The van der Waals surface area contributed by atoms with Gasteiger partial charge < -0.3 is 5.32 Å². The fourth-order valence-electron chi connectivity index (χ4n) is 2.60. The Hall–Kier alpha value is -0.820. The molecule has 0 aliphatic heterocycles. The van der Waals surface area contributed by atoms with Gasteiger partial charge in [-0.2, -0.15) is 0 Å². The lowest BCUT2D eigenvalue weighted by atomic mass is 10.1. The number of fused-ring (bicyclic) bond motifs is 1. The number of hydrogen-bond donors (Lipinski definition) is 1. The summed E-state index contributed by atoms with van der Waals surface area (Å²) in [4.78, 5) is 0. The maximum absolute atomic E-state index is 3.55. The van der Waals surface area contributed by atoms with Crippen molar-refractivity contribution in [1.82, 2.24) is 5.32 Å². The monoisotopic (exact) mass is 231 g/mol. The molecule has 0 fully saturated rings. The van der Waals surface area contributed by atoms with Crippen LogP contribution in [-0.2, 0) is 19.4 Å². The molecule has 0 aromatic heterocycles. The second-order valence-electron chi connectivity index (χ2n) is 5.67. The van der Waals surface area contributed by atoms with E-state index in [0.717, 1.165) is 19.0 Å². The second kappa shape index (κ2) is 6.20. The summed E-state index contributed by atoms with van der Waals surface area (Å²) in [6.07, 6.45) is 6.55. The van der Waals surface area contributed by atoms with Gasteiger partial charge in [0.15, 0.2) is 0 Å². The van der Waals surface area contributed by atoms with Gasteiger partial charge in [0.1, 0.15) is 0 Å². The molecule has 2 rings (SSSR count). The molecule has 0 amide bonds. The summed E-state index contributed by atoms with van der Waals surface area (Å²) in [5.41, 5.74) is 4.62. The van der Waals surface area contributed by atoms with Gasteiger partial charge in [-0.1, -0.05) is 32.0 Å². The van der Waals surface area contributed by atoms with E-state index < -0.39 is 0 Å². The molecular weight excluding hydrogens is 206 g/mol. The van der Waals surface area contributed by atoms with Gasteiger partial charge in [0.25, 0.3) is 0 Å². The van der Waals surface area contributed by atoms with Gasteiger partial charge >= 0.3 is 0 Å². The molecule has 1 aliphatic rings. The third kappa shape index (κ3) is 3.85. The first-order valence-electron chi connectivity index (χ1n) is 7.07. The third-order valence-corrected chi connectivity index (χ3v) is 3.63. The zero-order chi connectivity index (χ0) is 12.1. The highest BCUT2D eigenvalue weighted by Crippen LogP contribution is 2.22. The summed E-state index contributed by atoms with van der Waals surface area (Å²) in [5, 5.41) is 3.55. The molecule has 0 heterocycles. The van der Waals surface area contributed by atoms with Gasteiger partial charge in [0, 0.05) is 6.54 Å². The van der Waals surface area contributed by atoms with Crippen LogP contribution < -0.4 is 5.32 Å². The zero-order valence-corrected chi connectivity index (χ0v) is 11.3. The van der Waals surface area contributed by atoms with Crippen molar-refractivity contribution in [2.75, 3.05) is 6.54 Å². The van der Waals surface area contributed by atoms with Crippen LogP contribution in [0.1, 0.15) is 49.8 Å². The quantitative estimate of drug-likeness (QED) is 0.736. The average molecular weight is 231 g/mol. The molecule has 0 spiro atoms. The van der Waals surface area contributed by atoms with Crippen LogP contribution in [0.15, 0.2) is 18.2 Å². The zero-order valence-electron chi connectivity index (χ0n) is 11.3. The van der Waals surface area contributed by atoms with Crippen molar-refractivity contribution in [1.29, 1.82) is 0 Å². The molecule has 0 radical (unpaired) electrons. The van der Waals surface area contributed by atoms with Crippen LogP contribution in [0.4, 0.5) is 0 Å². The van der Waals surface area contributed by atoms with Crippen molar-refractivity contribution < 1.29 is 0 Å². The SMILES string of the molecule is CC(C)CCCNCc1ccc2c(c1)CCC2. The summed E-state index contributed by atoms with van der Waals surface area (Å²) in [6, 6.07) is 7.02. The van der Waals surface area contributed by atoms with Crippen molar-refractivity contribution in [2.45, 2.75) is 52.5 Å². The highest BCUT2D eigenvalue weighted by atomic mass is 14.8. The first-order chi connectivity index (χ1) is 8.25. The first-order valence-corrected chi connectivity index (χ1v) is 7.07. The van der Waals surface area contributed by atoms with E-state index in [2.05, 4.69) is 37.4 Å². The van der Waals surface area contributed by atoms with Crippen LogP contribution in [0.2, 0.25) is 0 Å². The molecule has 1 aromatic rings. The van der Waals surface area contributed by atoms with Crippen molar-refractivity contribution >= 4 is 0 Å². The van der Waals surface area contributed by atoms with E-state index >= 15 is 0 Å². The standard InChI is InChI=1S/C16H25N/c1-13(2)5-4-10-17-12-14-8-9-15-6-3-7-16(15)11-14/h8-9,11,13,17H,3-7,10,12H2,1-2H3. The lowest BCUT2D eigenvalue weighted by molar-refractivity contribution is 0.527. The van der Waals surface area contributed by atoms with E-state index in [1.165, 1.54) is 37.7 Å². The number of hydrogen-bond acceptors (Lipinski definition) is 1. The number of rotatable bonds is 6. The Balaban J connectivity index is 1.72. The largest absolute Gasteiger partial charge is 0.313 e. The van der Waals surface area contributed by atoms with Crippen molar-refractivity contribution in [3.8, 4) is 0 Å². The molecule has 17 heavy (non-hydrogen) atoms. The lowest BCUT2D eigenvalue weighted by Crippen LogP contribution is -2.15. The fourth-order valence-corrected chi connectivity index (χ4v) is 2.60. The van der Waals surface area contributed by atoms with Crippen molar-refractivity contribution in [3.63, 3.8) is 0 Å². The van der Waals surface area contributed by atoms with Gasteiger partial charge in [0.05, 0.1) is 0 Å². The van der Waals surface area contributed by atoms with E-state index in [1.54, 1.807) is 11.1 Å². The van der Waals surface area contributed by atoms with Gasteiger partial charge in [-0.15, -0.1) is 0 Å². The predicted molar refractivity (Wildman–Crippen MR) is 74.2 cm³/mol. The Labute approximate surface area is 106 Å². The normalized spacial score (nSPS) is 14.3. The van der Waals surface area contributed by atoms with E-state index in [0.29, 0.717) is 0 Å². The smallest absolute Gasteiger partial charge is 0.0205 e. The summed E-state index contributed by atoms with van der Waals surface area (Å²) < 4.78 is 0. The second-order valence-corrected chi connectivity index (χ2v) is 5.67. The van der Waals surface area contributed by atoms with Gasteiger partial charge in [-0.05, 0) is 61.3 Å². The van der Waals surface area contributed by atoms with Gasteiger partial charge in [-0.3, -0.25) is 0 Å². The molecule has 1 N–H and O–H groups in total. The Morgan fingerprint density at radius 2 is 2.00 bits per heavy atom. The van der Waals surface area contributed by atoms with Crippen LogP contribution in [-0.4, -0.2) is 6.54 Å². The molecule has 0 unspecified atom stereocenters. The van der Waals surface area contributed by atoms with Crippen LogP contribution in [0.25, 0.3) is 0 Å². The summed E-state index contributed by atoms with van der Waals surface area (Å²) in [7, 11) is 0. The Morgan fingerprint density at radius 1 is 1.18 bits per heavy atom. The average Bonchev–Trinajstić information content (AvgIpc) is 2.75. The lowest BCUT2D eigenvalue weighted by Gasteiger charge is -2.08. The molecule has 1 nitrogen and oxygen atoms in total. The molecule has 94 valence electrons. The molecule has 0 saturated heterocycles. The van der Waals surface area contributed by atoms with Crippen molar-refractivity contribution in [2.24, 2.45) is 5.92 Å². The summed E-state index contributed by atoms with van der Waals surface area (Å²) in [6.45, 7) is 6.77. The highest BCUT2D eigenvalue weighted by molar-refractivity contribution is 5.35. The molecule has 1 heteroatoms. The molecule has 0 saturated carbocycles. The first kappa shape index (κ1) is 12.6. The minimum Gasteiger partial charge on any atom is -0.313 e. The van der Waals surface area contributed by atoms with E-state index in [1.807, 2.05) is 0 Å². The van der Waals surface area contributed by atoms with Crippen LogP contribution in [0.3, 0.4) is 0 Å².